The van der Waals surface area contributed by atoms with Crippen LogP contribution in [0.15, 0.2) is 12.2 Å². The zero-order valence-corrected chi connectivity index (χ0v) is 35.3. The fourth-order valence-corrected chi connectivity index (χ4v) is 26.1. The van der Waals surface area contributed by atoms with E-state index in [1.54, 1.807) is 313 Å². The SMILES string of the molecule is C=C1C(N2CCCC2=O)C23c4c5c6c7c8c9c(c%10c%11c2c2c4c4c%12c5c5c6c6c8c8c%13c9c9c%10c%10c%11c%11c2c2c4c4c%12c%12c5c5c6c8c6c8c%13c9c9c%10c%10c%11c2c2c4c4c%12c5c6c5c8c9c%10c2c45)C173. The molecule has 1 amide bonds. The maximum atomic E-state index is 14.9. The Bertz CT molecular complexity index is 7100. The van der Waals surface area contributed by atoms with Crippen molar-refractivity contribution in [3.8, 4) is 0 Å². The number of benzene rings is 18. The molecule has 1 heterocycles. The number of likely N-dealkylation sites (tertiary alicyclic amines) is 1. The molecule has 1 atom stereocenters. The quantitative estimate of drug-likeness (QED) is 0.119. The highest BCUT2D eigenvalue weighted by atomic mass is 16.2. The molecule has 1 unspecified atom stereocenters. The first-order chi connectivity index (χ1) is 34.3. The van der Waals surface area contributed by atoms with Gasteiger partial charge in [0.15, 0.2) is 0 Å². The van der Waals surface area contributed by atoms with Crippen LogP contribution in [0.25, 0.3) is 291 Å². The second-order valence-corrected chi connectivity index (χ2v) is 25.9. The molecule has 5 aliphatic carbocycles. The summed E-state index contributed by atoms with van der Waals surface area (Å²) >= 11 is 0. The van der Waals surface area contributed by atoms with Crippen molar-refractivity contribution in [2.24, 2.45) is 0 Å². The normalized spacial score (nSPS) is 24.9. The standard InChI is InChI=1S/C67H9NO/c1-5-65(68-4-2-3-6(68)69)67-63-57-51-41-33-23-15-11-8-7-9-13(15)21-29(23)43(51)49-39-31(21)25-17(9)18-10(7)14-16-12(8)20-19(11)27(33)37-38-28(20)34-24(16)30-22(14)32-26(18)36-35(25)45(39)53-54-46(36)40(32)50-44(30)52-42(34)48(38)60(59(63)47(37)41)64(67)58(52)56(50)62(54)66(5,67)61(53)55(49)57/h65H,1-4H2. The predicted octanol–water partition coefficient (Wildman–Crippen LogP) is 16.9. The van der Waals surface area contributed by atoms with E-state index >= 15 is 0 Å². The number of nitrogens with zero attached hydrogens (tertiary/aromatic N) is 1. The third-order valence-corrected chi connectivity index (χ3v) is 26.0. The van der Waals surface area contributed by atoms with E-state index in [1.165, 1.54) is 5.57 Å². The van der Waals surface area contributed by atoms with E-state index in [2.05, 4.69) is 4.90 Å². The van der Waals surface area contributed by atoms with Gasteiger partial charge in [0.1, 0.15) is 0 Å². The summed E-state index contributed by atoms with van der Waals surface area (Å²) in [5.74, 6) is 0.355. The molecular formula is C67H9NO. The van der Waals surface area contributed by atoms with Crippen LogP contribution < -0.4 is 0 Å². The summed E-state index contributed by atoms with van der Waals surface area (Å²) in [5, 5.41) is 87.7. The van der Waals surface area contributed by atoms with Gasteiger partial charge in [-0.05, 0) is 325 Å². The van der Waals surface area contributed by atoms with Gasteiger partial charge in [-0.2, -0.15) is 0 Å². The lowest BCUT2D eigenvalue weighted by atomic mass is 9.34. The van der Waals surface area contributed by atoms with Crippen LogP contribution in [0.3, 0.4) is 0 Å². The van der Waals surface area contributed by atoms with Gasteiger partial charge in [0.2, 0.25) is 5.91 Å². The van der Waals surface area contributed by atoms with Crippen LogP contribution >= 0.6 is 0 Å². The van der Waals surface area contributed by atoms with Crippen LogP contribution in [-0.4, -0.2) is 23.4 Å². The van der Waals surface area contributed by atoms with Crippen LogP contribution in [0.1, 0.15) is 35.1 Å². The van der Waals surface area contributed by atoms with Gasteiger partial charge in [0, 0.05) is 13.0 Å². The van der Waals surface area contributed by atoms with E-state index in [1.807, 2.05) is 0 Å². The number of hydrogen-bond acceptors (Lipinski definition) is 1. The molecule has 28 aromatic carbocycles. The fraction of sp³-hybridized carbons (Fsp3) is 0.0896. The topological polar surface area (TPSA) is 20.3 Å². The molecule has 2 heteroatoms. The molecule has 1 saturated heterocycles. The largest absolute Gasteiger partial charge is 0.335 e. The highest BCUT2D eigenvalue weighted by molar-refractivity contribution is 6.82. The maximum Gasteiger partial charge on any atom is 0.223 e. The second-order valence-electron chi connectivity index (χ2n) is 25.9. The Labute approximate surface area is 375 Å². The van der Waals surface area contributed by atoms with Crippen molar-refractivity contribution in [3.63, 3.8) is 0 Å². The Morgan fingerprint density at radius 2 is 0.478 bits per heavy atom. The molecule has 69 heavy (non-hydrogen) atoms. The summed E-state index contributed by atoms with van der Waals surface area (Å²) in [7, 11) is 0. The van der Waals surface area contributed by atoms with Gasteiger partial charge in [0.25, 0.3) is 0 Å². The highest BCUT2D eigenvalue weighted by Crippen LogP contribution is 2.88. The molecule has 0 aromatic heterocycles. The molecule has 28 aromatic rings. The summed E-state index contributed by atoms with van der Waals surface area (Å²) in [4.78, 5) is 17.4. The van der Waals surface area contributed by atoms with Gasteiger partial charge in [0.05, 0.1) is 16.9 Å². The maximum absolute atomic E-state index is 14.9. The molecule has 1 aliphatic heterocycles. The van der Waals surface area contributed by atoms with E-state index in [9.17, 15) is 4.79 Å². The minimum Gasteiger partial charge on any atom is -0.335 e. The number of amides is 1. The highest BCUT2D eigenvalue weighted by Gasteiger charge is 2.81. The number of carbonyl (C=O) groups is 1. The van der Waals surface area contributed by atoms with Gasteiger partial charge in [-0.3, -0.25) is 4.79 Å². The van der Waals surface area contributed by atoms with Gasteiger partial charge < -0.3 is 4.90 Å². The summed E-state index contributed by atoms with van der Waals surface area (Å²) in [6.07, 6.45) is 1.60. The lowest BCUT2D eigenvalue weighted by Gasteiger charge is -2.69. The van der Waals surface area contributed by atoms with Crippen LogP contribution in [-0.2, 0) is 15.6 Å². The smallest absolute Gasteiger partial charge is 0.223 e. The van der Waals surface area contributed by atoms with Crippen LogP contribution in [0.5, 0.6) is 0 Å². The van der Waals surface area contributed by atoms with Gasteiger partial charge in [-0.25, -0.2) is 0 Å². The van der Waals surface area contributed by atoms with E-state index in [0.717, 1.165) is 13.0 Å². The molecule has 2 nitrogen and oxygen atoms in total. The lowest BCUT2D eigenvalue weighted by molar-refractivity contribution is -0.132. The van der Waals surface area contributed by atoms with Gasteiger partial charge in [-0.15, -0.1) is 0 Å². The molecule has 34 rings (SSSR count). The van der Waals surface area contributed by atoms with Crippen molar-refractivity contribution >= 4 is 297 Å². The van der Waals surface area contributed by atoms with Crippen molar-refractivity contribution in [1.29, 1.82) is 0 Å². The summed E-state index contributed by atoms with van der Waals surface area (Å²) in [6, 6.07) is -0.0664. The van der Waals surface area contributed by atoms with E-state index in [-0.39, 0.29) is 6.04 Å². The Kier molecular flexibility index (Phi) is 2.02. The predicted molar refractivity (Wildman–Crippen MR) is 288 cm³/mol. The van der Waals surface area contributed by atoms with Crippen LogP contribution in [0.2, 0.25) is 0 Å². The van der Waals surface area contributed by atoms with Crippen molar-refractivity contribution < 1.29 is 4.79 Å². The van der Waals surface area contributed by atoms with Crippen LogP contribution in [0.4, 0.5) is 0 Å². The number of rotatable bonds is 1. The van der Waals surface area contributed by atoms with E-state index < -0.39 is 10.8 Å². The monoisotopic (exact) mass is 843 g/mol. The zero-order chi connectivity index (χ0) is 40.9. The Balaban J connectivity index is 1.20. The van der Waals surface area contributed by atoms with Gasteiger partial charge >= 0.3 is 0 Å². The van der Waals surface area contributed by atoms with Crippen molar-refractivity contribution in [2.75, 3.05) is 6.54 Å². The Morgan fingerprint density at radius 3 is 0.667 bits per heavy atom. The third kappa shape index (κ3) is 1.27. The summed E-state index contributed by atoms with van der Waals surface area (Å²) < 4.78 is 0. The molecule has 0 radical (unpaired) electrons. The molecule has 288 valence electrons. The second kappa shape index (κ2) is 5.53. The van der Waals surface area contributed by atoms with Crippen LogP contribution in [0, 0.1) is 0 Å². The first-order valence-electron chi connectivity index (χ1n) is 26.0. The summed E-state index contributed by atoms with van der Waals surface area (Å²) in [6.45, 7) is 6.39. The number of hydrogen-bond donors (Lipinski definition) is 0. The van der Waals surface area contributed by atoms with E-state index in [0.29, 0.717) is 12.3 Å². The van der Waals surface area contributed by atoms with Crippen molar-refractivity contribution in [1.82, 2.24) is 4.90 Å². The molecule has 2 spiro atoms. The molecule has 0 N–H and O–H groups in total. The Hall–Kier alpha value is -8.33. The third-order valence-electron chi connectivity index (χ3n) is 26.0. The first kappa shape index (κ1) is 25.2. The van der Waals surface area contributed by atoms with Crippen molar-refractivity contribution in [2.45, 2.75) is 29.7 Å². The molecule has 1 saturated carbocycles. The number of carbonyl (C=O) groups excluding carboxylic acids is 1. The first-order valence-corrected chi connectivity index (χ1v) is 26.0. The minimum atomic E-state index is -0.439. The molecular weight excluding hydrogens is 835 g/mol. The summed E-state index contributed by atoms with van der Waals surface area (Å²) in [5.41, 5.74) is 7.05. The Morgan fingerprint density at radius 1 is 0.290 bits per heavy atom. The molecule has 2 fully saturated rings. The van der Waals surface area contributed by atoms with Crippen molar-refractivity contribution in [3.05, 3.63) is 34.4 Å². The molecule has 0 bridgehead atoms. The van der Waals surface area contributed by atoms with Gasteiger partial charge in [-0.1, -0.05) is 6.58 Å². The average molecular weight is 844 g/mol. The zero-order valence-electron chi connectivity index (χ0n) is 35.3. The average Bonchev–Trinajstić information content (AvgIpc) is 4.20. The molecule has 6 aliphatic rings. The van der Waals surface area contributed by atoms with E-state index in [4.69, 9.17) is 6.58 Å². The minimum absolute atomic E-state index is 0.0664. The lowest BCUT2D eigenvalue weighted by Crippen LogP contribution is -2.75. The fourth-order valence-electron chi connectivity index (χ4n) is 26.1.